The highest BCUT2D eigenvalue weighted by Crippen LogP contribution is 2.15. The van der Waals surface area contributed by atoms with Gasteiger partial charge >= 0.3 is 6.09 Å². The van der Waals surface area contributed by atoms with Gasteiger partial charge in [0.05, 0.1) is 119 Å². The van der Waals surface area contributed by atoms with Crippen molar-refractivity contribution in [1.82, 2.24) is 5.32 Å². The van der Waals surface area contributed by atoms with Crippen LogP contribution in [0.4, 0.5) is 4.79 Å². The molecule has 0 heterocycles. The van der Waals surface area contributed by atoms with Crippen LogP contribution in [-0.2, 0) is 60.4 Å². The van der Waals surface area contributed by atoms with E-state index in [9.17, 15) is 4.79 Å². The summed E-state index contributed by atoms with van der Waals surface area (Å²) in [6.45, 7) is 12.2. The summed E-state index contributed by atoms with van der Waals surface area (Å²) in [4.78, 5) is 11.7. The molecule has 2 rings (SSSR count). The Morgan fingerprint density at radius 2 is 0.857 bits per heavy atom. The van der Waals surface area contributed by atoms with Crippen molar-refractivity contribution in [3.05, 3.63) is 65.7 Å². The van der Waals surface area contributed by atoms with Crippen LogP contribution in [0, 0.1) is 0 Å². The SMILES string of the molecule is CCCCCCCCCc1ccc(OCCOCCOCCOCCOCCOCCOCCOCCOCCOCCNC(=O)OCc2ccccc2)cc1. The quantitative estimate of drug-likeness (QED) is 0.0745. The Balaban J connectivity index is 1.18. The number of unbranched alkanes of at least 4 members (excludes halogenated alkanes) is 6. The van der Waals surface area contributed by atoms with Crippen molar-refractivity contribution in [2.45, 2.75) is 64.9 Å². The second-order valence-electron chi connectivity index (χ2n) is 12.9. The maximum absolute atomic E-state index is 11.7. The molecule has 0 aliphatic carbocycles. The van der Waals surface area contributed by atoms with Crippen molar-refractivity contribution >= 4 is 6.09 Å². The summed E-state index contributed by atoms with van der Waals surface area (Å²) in [6.07, 6.45) is 10.0. The van der Waals surface area contributed by atoms with Gasteiger partial charge in [0, 0.05) is 6.54 Å². The van der Waals surface area contributed by atoms with E-state index in [0.717, 1.165) is 17.7 Å². The molecule has 0 aliphatic heterocycles. The number of hydrogen-bond donors (Lipinski definition) is 1. The average Bonchev–Trinajstić information content (AvgIpc) is 3.22. The third kappa shape index (κ3) is 32.3. The molecule has 0 unspecified atom stereocenters. The number of amides is 1. The zero-order valence-electron chi connectivity index (χ0n) is 34.1. The summed E-state index contributed by atoms with van der Waals surface area (Å²) >= 11 is 0. The molecule has 2 aromatic carbocycles. The van der Waals surface area contributed by atoms with Crippen molar-refractivity contribution in [2.75, 3.05) is 132 Å². The Morgan fingerprint density at radius 3 is 1.32 bits per heavy atom. The van der Waals surface area contributed by atoms with E-state index in [1.165, 1.54) is 50.5 Å². The van der Waals surface area contributed by atoms with Gasteiger partial charge in [-0.3, -0.25) is 0 Å². The molecule has 0 atom stereocenters. The van der Waals surface area contributed by atoms with Gasteiger partial charge in [0.1, 0.15) is 19.0 Å². The van der Waals surface area contributed by atoms with Crippen LogP contribution in [0.25, 0.3) is 0 Å². The first-order valence-electron chi connectivity index (χ1n) is 20.6. The molecule has 0 saturated carbocycles. The normalized spacial score (nSPS) is 11.2. The number of nitrogens with one attached hydrogen (secondary N) is 1. The van der Waals surface area contributed by atoms with Gasteiger partial charge < -0.3 is 57.4 Å². The molecule has 0 aromatic heterocycles. The molecule has 2 aromatic rings. The van der Waals surface area contributed by atoms with Crippen molar-refractivity contribution in [1.29, 1.82) is 0 Å². The van der Waals surface area contributed by atoms with Gasteiger partial charge in [0.2, 0.25) is 0 Å². The lowest BCUT2D eigenvalue weighted by atomic mass is 10.0. The van der Waals surface area contributed by atoms with Crippen molar-refractivity contribution < 1.29 is 56.9 Å². The summed E-state index contributed by atoms with van der Waals surface area (Å²) in [5.41, 5.74) is 2.32. The molecule has 13 nitrogen and oxygen atoms in total. The third-order valence-corrected chi connectivity index (χ3v) is 8.19. The molecule has 0 aliphatic rings. The zero-order chi connectivity index (χ0) is 39.7. The highest BCUT2D eigenvalue weighted by Gasteiger charge is 2.02. The van der Waals surface area contributed by atoms with E-state index in [2.05, 4.69) is 36.5 Å². The summed E-state index contributed by atoms with van der Waals surface area (Å²) in [5, 5.41) is 2.65. The first-order chi connectivity index (χ1) is 27.8. The van der Waals surface area contributed by atoms with Crippen LogP contribution >= 0.6 is 0 Å². The molecular formula is C43H71NO12. The number of benzene rings is 2. The van der Waals surface area contributed by atoms with Gasteiger partial charge in [-0.1, -0.05) is 87.9 Å². The number of alkyl carbamates (subject to hydrolysis) is 1. The lowest BCUT2D eigenvalue weighted by Crippen LogP contribution is -2.28. The number of rotatable bonds is 41. The van der Waals surface area contributed by atoms with Crippen LogP contribution in [0.15, 0.2) is 54.6 Å². The van der Waals surface area contributed by atoms with E-state index in [0.29, 0.717) is 132 Å². The summed E-state index contributed by atoms with van der Waals surface area (Å²) < 4.78 is 60.5. The topological polar surface area (TPSA) is 131 Å². The molecule has 1 amide bonds. The molecule has 320 valence electrons. The Labute approximate surface area is 336 Å². The molecule has 13 heteroatoms. The van der Waals surface area contributed by atoms with Crippen LogP contribution in [-0.4, -0.2) is 138 Å². The maximum Gasteiger partial charge on any atom is 0.407 e. The minimum absolute atomic E-state index is 0.238. The number of ether oxygens (including phenoxy) is 11. The molecule has 0 radical (unpaired) electrons. The van der Waals surface area contributed by atoms with E-state index in [-0.39, 0.29) is 6.61 Å². The van der Waals surface area contributed by atoms with Crippen LogP contribution in [0.2, 0.25) is 0 Å². The molecular weight excluding hydrogens is 722 g/mol. The summed E-state index contributed by atoms with van der Waals surface area (Å²) in [7, 11) is 0. The fraction of sp³-hybridized carbons (Fsp3) is 0.698. The minimum Gasteiger partial charge on any atom is -0.491 e. The largest absolute Gasteiger partial charge is 0.491 e. The fourth-order valence-corrected chi connectivity index (χ4v) is 5.12. The lowest BCUT2D eigenvalue weighted by Gasteiger charge is -2.09. The van der Waals surface area contributed by atoms with Gasteiger partial charge in [-0.15, -0.1) is 0 Å². The zero-order valence-corrected chi connectivity index (χ0v) is 34.1. The minimum atomic E-state index is -0.468. The van der Waals surface area contributed by atoms with E-state index < -0.39 is 6.09 Å². The van der Waals surface area contributed by atoms with Gasteiger partial charge in [-0.25, -0.2) is 4.79 Å². The van der Waals surface area contributed by atoms with Crippen molar-refractivity contribution in [3.8, 4) is 5.75 Å². The van der Waals surface area contributed by atoms with Crippen LogP contribution < -0.4 is 10.1 Å². The lowest BCUT2D eigenvalue weighted by molar-refractivity contribution is -0.0253. The van der Waals surface area contributed by atoms with Crippen molar-refractivity contribution in [3.63, 3.8) is 0 Å². The maximum atomic E-state index is 11.7. The molecule has 56 heavy (non-hydrogen) atoms. The average molecular weight is 794 g/mol. The van der Waals surface area contributed by atoms with Crippen LogP contribution in [0.3, 0.4) is 0 Å². The van der Waals surface area contributed by atoms with Gasteiger partial charge in [-0.05, 0) is 36.1 Å². The number of hydrogen-bond acceptors (Lipinski definition) is 12. The summed E-state index contributed by atoms with van der Waals surface area (Å²) in [6, 6.07) is 18.0. The smallest absolute Gasteiger partial charge is 0.407 e. The van der Waals surface area contributed by atoms with E-state index in [4.69, 9.17) is 52.1 Å². The predicted molar refractivity (Wildman–Crippen MR) is 216 cm³/mol. The monoisotopic (exact) mass is 793 g/mol. The standard InChI is InChI=1S/C43H71NO12/c1-2-3-4-5-6-7-9-12-40-15-17-42(18-16-40)55-38-37-54-36-35-53-34-33-52-32-31-51-30-29-50-28-27-49-26-25-48-24-23-47-22-21-46-20-19-44-43(45)56-39-41-13-10-8-11-14-41/h8,10-11,13-18H,2-7,9,12,19-39H2,1H3,(H,44,45). The van der Waals surface area contributed by atoms with E-state index >= 15 is 0 Å². The molecule has 0 saturated heterocycles. The second kappa shape index (κ2) is 39.0. The third-order valence-electron chi connectivity index (χ3n) is 8.19. The fourth-order valence-electron chi connectivity index (χ4n) is 5.12. The first kappa shape index (κ1) is 49.3. The van der Waals surface area contributed by atoms with Crippen LogP contribution in [0.1, 0.15) is 63.0 Å². The number of aryl methyl sites for hydroxylation is 1. The van der Waals surface area contributed by atoms with Crippen LogP contribution in [0.5, 0.6) is 5.75 Å². The Kier molecular flexibility index (Phi) is 34.3. The number of carbonyl (C=O) groups is 1. The molecule has 0 bridgehead atoms. The van der Waals surface area contributed by atoms with Crippen molar-refractivity contribution in [2.24, 2.45) is 0 Å². The Morgan fingerprint density at radius 1 is 0.446 bits per heavy atom. The highest BCUT2D eigenvalue weighted by molar-refractivity contribution is 5.67. The highest BCUT2D eigenvalue weighted by atomic mass is 16.6. The van der Waals surface area contributed by atoms with E-state index in [1.54, 1.807) is 0 Å². The van der Waals surface area contributed by atoms with E-state index in [1.807, 2.05) is 30.3 Å². The van der Waals surface area contributed by atoms with Gasteiger partial charge in [0.25, 0.3) is 0 Å². The van der Waals surface area contributed by atoms with Gasteiger partial charge in [-0.2, -0.15) is 0 Å². The molecule has 0 fully saturated rings. The number of carbonyl (C=O) groups excluding carboxylic acids is 1. The Bertz CT molecular complexity index is 1110. The molecule has 1 N–H and O–H groups in total. The first-order valence-corrected chi connectivity index (χ1v) is 20.6. The Hall–Kier alpha value is -2.85. The van der Waals surface area contributed by atoms with Gasteiger partial charge in [0.15, 0.2) is 0 Å². The summed E-state index contributed by atoms with van der Waals surface area (Å²) in [5.74, 6) is 0.883. The second-order valence-corrected chi connectivity index (χ2v) is 12.9. The molecule has 0 spiro atoms. The predicted octanol–water partition coefficient (Wildman–Crippen LogP) is 6.43.